The van der Waals surface area contributed by atoms with Gasteiger partial charge in [0.15, 0.2) is 11.5 Å². The summed E-state index contributed by atoms with van der Waals surface area (Å²) < 4.78 is 30.6. The SMILES string of the molecule is C=CCO[C@@]12Oc3ccc(O)cc3[C@H]3[C@H](CCCCO)[C@@H](CCCCO)C=C(C(=NOCC)C[C@@H]1N(Cc1ccc4c(c1)OCO4)C(=O)OC)[C@H]32. The Bertz CT molecular complexity index is 1610. The van der Waals surface area contributed by atoms with Gasteiger partial charge >= 0.3 is 6.09 Å². The molecule has 0 saturated heterocycles. The first-order valence-corrected chi connectivity index (χ1v) is 18.0. The molecule has 6 atom stereocenters. The van der Waals surface area contributed by atoms with E-state index in [4.69, 9.17) is 28.5 Å². The summed E-state index contributed by atoms with van der Waals surface area (Å²) in [7, 11) is 1.35. The average Bonchev–Trinajstić information content (AvgIpc) is 3.61. The summed E-state index contributed by atoms with van der Waals surface area (Å²) in [5.74, 6) is -0.111. The number of hydrogen-bond donors (Lipinski definition) is 3. The number of carbonyl (C=O) groups is 1. The van der Waals surface area contributed by atoms with Crippen LogP contribution in [0.25, 0.3) is 0 Å². The third-order valence-corrected chi connectivity index (χ3v) is 10.5. The van der Waals surface area contributed by atoms with E-state index in [1.807, 2.05) is 25.1 Å². The molecule has 1 fully saturated rings. The molecule has 0 unspecified atom stereocenters. The van der Waals surface area contributed by atoms with Crippen LogP contribution in [0.3, 0.4) is 0 Å². The number of benzene rings is 2. The van der Waals surface area contributed by atoms with Crippen molar-refractivity contribution >= 4 is 11.8 Å². The standard InChI is InChI=1S/C39H50N2O10/c1-4-18-49-39-35(41(38(45)46-3)23-25-12-14-33-34(19-25)48-24-47-33)22-31(40-50-5-2)29-20-26(10-6-8-16-42)28(11-7-9-17-43)36(37(29)39)30-21-27(44)13-15-32(30)51-39/h4,12-15,19-21,26,28,35-37,42-44H,1,5-11,16-18,22-24H2,2-3H3/t26-,28+,35-,36+,37+,39+/m0/s1. The number of rotatable bonds is 16. The van der Waals surface area contributed by atoms with Gasteiger partial charge in [0, 0.05) is 37.7 Å². The largest absolute Gasteiger partial charge is 0.508 e. The van der Waals surface area contributed by atoms with Crippen molar-refractivity contribution in [2.45, 2.75) is 76.2 Å². The second-order valence-electron chi connectivity index (χ2n) is 13.5. The van der Waals surface area contributed by atoms with Gasteiger partial charge in [-0.25, -0.2) is 4.79 Å². The quantitative estimate of drug-likeness (QED) is 0.107. The minimum atomic E-state index is -1.43. The highest BCUT2D eigenvalue weighted by atomic mass is 16.7. The number of methoxy groups -OCH3 is 1. The molecule has 1 saturated carbocycles. The summed E-state index contributed by atoms with van der Waals surface area (Å²) in [6.07, 6.45) is 8.19. The van der Waals surface area contributed by atoms with Gasteiger partial charge in [0.25, 0.3) is 0 Å². The Labute approximate surface area is 299 Å². The summed E-state index contributed by atoms with van der Waals surface area (Å²) in [5, 5.41) is 35.0. The number of fused-ring (bicyclic) bond motifs is 3. The Hall–Kier alpha value is -4.26. The molecule has 2 aromatic carbocycles. The van der Waals surface area contributed by atoms with Gasteiger partial charge in [-0.1, -0.05) is 36.2 Å². The molecule has 1 amide bonds. The van der Waals surface area contributed by atoms with Crippen molar-refractivity contribution in [2.24, 2.45) is 22.9 Å². The zero-order valence-corrected chi connectivity index (χ0v) is 29.5. The molecule has 2 aromatic rings. The molecule has 3 N–H and O–H groups in total. The maximum atomic E-state index is 14.0. The fourth-order valence-electron chi connectivity index (χ4n) is 8.46. The summed E-state index contributed by atoms with van der Waals surface area (Å²) in [6.45, 7) is 6.77. The predicted octanol–water partition coefficient (Wildman–Crippen LogP) is 6.04. The number of amides is 1. The van der Waals surface area contributed by atoms with E-state index in [1.165, 1.54) is 7.11 Å². The molecule has 0 radical (unpaired) electrons. The highest BCUT2D eigenvalue weighted by Gasteiger charge is 2.65. The van der Waals surface area contributed by atoms with Crippen molar-refractivity contribution in [3.05, 3.63) is 71.8 Å². The van der Waals surface area contributed by atoms with Crippen LogP contribution in [-0.2, 0) is 20.9 Å². The second-order valence-corrected chi connectivity index (χ2v) is 13.5. The van der Waals surface area contributed by atoms with Crippen LogP contribution in [0, 0.1) is 17.8 Å². The van der Waals surface area contributed by atoms with E-state index < -0.39 is 23.8 Å². The normalized spacial score (nSPS) is 26.4. The first kappa shape index (κ1) is 36.5. The molecule has 51 heavy (non-hydrogen) atoms. The van der Waals surface area contributed by atoms with Crippen LogP contribution in [0.2, 0.25) is 0 Å². The molecular weight excluding hydrogens is 656 g/mol. The van der Waals surface area contributed by atoms with Crippen LogP contribution in [0.1, 0.15) is 68.9 Å². The van der Waals surface area contributed by atoms with Crippen LogP contribution in [-0.4, -0.2) is 84.2 Å². The number of carbonyl (C=O) groups excluding carboxylic acids is 1. The maximum Gasteiger partial charge on any atom is 0.410 e. The van der Waals surface area contributed by atoms with Gasteiger partial charge in [0.05, 0.1) is 25.3 Å². The summed E-state index contributed by atoms with van der Waals surface area (Å²) in [5.41, 5.74) is 3.24. The van der Waals surface area contributed by atoms with E-state index in [2.05, 4.69) is 17.8 Å². The van der Waals surface area contributed by atoms with Crippen molar-refractivity contribution in [1.29, 1.82) is 0 Å². The van der Waals surface area contributed by atoms with Crippen molar-refractivity contribution in [1.82, 2.24) is 4.90 Å². The number of aliphatic hydroxyl groups excluding tert-OH is 2. The first-order chi connectivity index (χ1) is 24.9. The van der Waals surface area contributed by atoms with Crippen LogP contribution < -0.4 is 14.2 Å². The Morgan fingerprint density at radius 2 is 1.82 bits per heavy atom. The van der Waals surface area contributed by atoms with Crippen molar-refractivity contribution in [3.63, 3.8) is 0 Å². The lowest BCUT2D eigenvalue weighted by Gasteiger charge is -2.59. The molecule has 0 aromatic heterocycles. The number of nitrogens with zero attached hydrogens (tertiary/aromatic N) is 2. The minimum absolute atomic E-state index is 0.0488. The van der Waals surface area contributed by atoms with Gasteiger partial charge in [-0.15, -0.1) is 6.58 Å². The zero-order valence-electron chi connectivity index (χ0n) is 29.5. The molecule has 12 nitrogen and oxygen atoms in total. The van der Waals surface area contributed by atoms with E-state index in [0.29, 0.717) is 42.4 Å². The first-order valence-electron chi connectivity index (χ1n) is 18.0. The number of phenols is 1. The lowest BCUT2D eigenvalue weighted by atomic mass is 9.55. The Kier molecular flexibility index (Phi) is 11.7. The van der Waals surface area contributed by atoms with E-state index in [9.17, 15) is 20.1 Å². The number of allylic oxidation sites excluding steroid dienone is 1. The monoisotopic (exact) mass is 706 g/mol. The molecule has 6 rings (SSSR count). The molecular formula is C39H50N2O10. The van der Waals surface area contributed by atoms with Crippen molar-refractivity contribution < 1.29 is 48.6 Å². The Balaban J connectivity index is 1.56. The fraction of sp³-hybridized carbons (Fsp3) is 0.538. The Morgan fingerprint density at radius 1 is 1.06 bits per heavy atom. The van der Waals surface area contributed by atoms with Crippen molar-refractivity contribution in [2.75, 3.05) is 40.3 Å². The highest BCUT2D eigenvalue weighted by Crippen LogP contribution is 2.62. The summed E-state index contributed by atoms with van der Waals surface area (Å²) in [6, 6.07) is 9.96. The maximum absolute atomic E-state index is 14.0. The lowest BCUT2D eigenvalue weighted by molar-refractivity contribution is -0.256. The molecule has 0 spiro atoms. The van der Waals surface area contributed by atoms with Gasteiger partial charge in [0.1, 0.15) is 24.1 Å². The van der Waals surface area contributed by atoms with Crippen LogP contribution >= 0.6 is 0 Å². The van der Waals surface area contributed by atoms with E-state index in [1.54, 1.807) is 29.2 Å². The van der Waals surface area contributed by atoms with Gasteiger partial charge in [0.2, 0.25) is 12.6 Å². The van der Waals surface area contributed by atoms with Gasteiger partial charge in [-0.2, -0.15) is 0 Å². The Morgan fingerprint density at radius 3 is 2.57 bits per heavy atom. The van der Waals surface area contributed by atoms with Gasteiger partial charge < -0.3 is 43.8 Å². The topological polar surface area (TPSA) is 149 Å². The van der Waals surface area contributed by atoms with Crippen LogP contribution in [0.4, 0.5) is 4.79 Å². The van der Waals surface area contributed by atoms with Crippen molar-refractivity contribution in [3.8, 4) is 23.0 Å². The van der Waals surface area contributed by atoms with Crippen LogP contribution in [0.5, 0.6) is 23.0 Å². The minimum Gasteiger partial charge on any atom is -0.508 e. The number of aliphatic hydroxyl groups is 2. The lowest BCUT2D eigenvalue weighted by Crippen LogP contribution is -2.70. The molecule has 2 aliphatic heterocycles. The molecule has 0 bridgehead atoms. The van der Waals surface area contributed by atoms with E-state index in [0.717, 1.165) is 42.4 Å². The van der Waals surface area contributed by atoms with E-state index >= 15 is 0 Å². The molecule has 12 heteroatoms. The van der Waals surface area contributed by atoms with E-state index in [-0.39, 0.29) is 63.1 Å². The third kappa shape index (κ3) is 7.27. The number of unbranched alkanes of at least 4 members (excludes halogenated alkanes) is 2. The third-order valence-electron chi connectivity index (χ3n) is 10.5. The number of phenolic OH excluding ortho intramolecular Hbond substituents is 1. The average molecular weight is 707 g/mol. The predicted molar refractivity (Wildman–Crippen MR) is 189 cm³/mol. The second kappa shape index (κ2) is 16.4. The summed E-state index contributed by atoms with van der Waals surface area (Å²) in [4.78, 5) is 21.4. The van der Waals surface area contributed by atoms with Gasteiger partial charge in [-0.3, -0.25) is 4.90 Å². The zero-order chi connectivity index (χ0) is 36.0. The van der Waals surface area contributed by atoms with Crippen LogP contribution in [0.15, 0.2) is 65.9 Å². The molecule has 2 aliphatic carbocycles. The molecule has 276 valence electrons. The van der Waals surface area contributed by atoms with Gasteiger partial charge in [-0.05, 0) is 85.9 Å². The smallest absolute Gasteiger partial charge is 0.410 e. The molecule has 2 heterocycles. The fourth-order valence-corrected chi connectivity index (χ4v) is 8.46. The summed E-state index contributed by atoms with van der Waals surface area (Å²) >= 11 is 0. The number of ether oxygens (including phenoxy) is 5. The molecule has 4 aliphatic rings. The number of aromatic hydroxyl groups is 1. The number of oxime groups is 1. The highest BCUT2D eigenvalue weighted by molar-refractivity contribution is 6.03. The number of hydrogen-bond acceptors (Lipinski definition) is 11.